The number of hydrogen-bond acceptors (Lipinski definition) is 4. The first-order chi connectivity index (χ1) is 13.5. The lowest BCUT2D eigenvalue weighted by Crippen LogP contribution is -2.47. The van der Waals surface area contributed by atoms with Gasteiger partial charge < -0.3 is 19.7 Å². The predicted molar refractivity (Wildman–Crippen MR) is 101 cm³/mol. The molecule has 148 valence electrons. The van der Waals surface area contributed by atoms with E-state index in [4.69, 9.17) is 4.42 Å². The predicted octanol–water partition coefficient (Wildman–Crippen LogP) is 2.18. The molecule has 7 heteroatoms. The third-order valence-electron chi connectivity index (χ3n) is 5.42. The van der Waals surface area contributed by atoms with Gasteiger partial charge in [0.05, 0.1) is 18.7 Å². The van der Waals surface area contributed by atoms with Gasteiger partial charge in [-0.1, -0.05) is 37.3 Å². The van der Waals surface area contributed by atoms with Crippen molar-refractivity contribution in [3.05, 3.63) is 60.1 Å². The number of nitrogens with zero attached hydrogens (tertiary/aromatic N) is 1. The monoisotopic (exact) mass is 384 g/mol. The number of hydrogen-bond donors (Lipinski definition) is 2. The topological polar surface area (TPSA) is 99.9 Å². The molecule has 0 aliphatic carbocycles. The molecule has 2 aromatic rings. The molecule has 1 aromatic heterocycles. The van der Waals surface area contributed by atoms with Crippen LogP contribution in [-0.2, 0) is 26.3 Å². The Morgan fingerprint density at radius 2 is 2.00 bits per heavy atom. The molecule has 2 amide bonds. The largest absolute Gasteiger partial charge is 0.481 e. The molecule has 1 aliphatic heterocycles. The maximum atomic E-state index is 12.6. The number of carboxylic acids is 1. The molecule has 2 atom stereocenters. The van der Waals surface area contributed by atoms with E-state index in [1.165, 1.54) is 0 Å². The smallest absolute Gasteiger partial charge is 0.315 e. The van der Waals surface area contributed by atoms with Crippen molar-refractivity contribution in [3.8, 4) is 0 Å². The van der Waals surface area contributed by atoms with Crippen molar-refractivity contribution in [2.45, 2.75) is 31.7 Å². The van der Waals surface area contributed by atoms with Gasteiger partial charge in [-0.05, 0) is 24.1 Å². The van der Waals surface area contributed by atoms with Crippen molar-refractivity contribution in [2.75, 3.05) is 13.1 Å². The van der Waals surface area contributed by atoms with Crippen LogP contribution in [0.1, 0.15) is 31.1 Å². The van der Waals surface area contributed by atoms with Crippen LogP contribution in [0.25, 0.3) is 0 Å². The third kappa shape index (κ3) is 3.93. The summed E-state index contributed by atoms with van der Waals surface area (Å²) in [6.45, 7) is 2.39. The summed E-state index contributed by atoms with van der Waals surface area (Å²) in [6.07, 6.45) is 1.99. The van der Waals surface area contributed by atoms with Crippen LogP contribution in [0.5, 0.6) is 0 Å². The standard InChI is InChI=1S/C21H24N2O5/c1-2-21(20(26)27,16-7-4-3-5-8-16)14-22-19(25)15-11-18(24)23(12-15)13-17-9-6-10-28-17/h3-10,15H,2,11-14H2,1H3,(H,22,25)(H,26,27). The number of benzene rings is 1. The second-order valence-corrected chi connectivity index (χ2v) is 7.08. The number of carbonyl (C=O) groups is 3. The minimum absolute atomic E-state index is 0.0233. The average molecular weight is 384 g/mol. The van der Waals surface area contributed by atoms with Gasteiger partial charge in [0.15, 0.2) is 0 Å². The molecule has 28 heavy (non-hydrogen) atoms. The highest BCUT2D eigenvalue weighted by Crippen LogP contribution is 2.28. The fourth-order valence-corrected chi connectivity index (χ4v) is 3.61. The Bertz CT molecular complexity index is 834. The molecule has 2 unspecified atom stereocenters. The zero-order valence-electron chi connectivity index (χ0n) is 15.8. The summed E-state index contributed by atoms with van der Waals surface area (Å²) < 4.78 is 5.26. The van der Waals surface area contributed by atoms with Crippen LogP contribution in [0.2, 0.25) is 0 Å². The van der Waals surface area contributed by atoms with Gasteiger partial charge in [-0.3, -0.25) is 14.4 Å². The quantitative estimate of drug-likeness (QED) is 0.727. The van der Waals surface area contributed by atoms with E-state index in [1.807, 2.05) is 6.07 Å². The van der Waals surface area contributed by atoms with Crippen LogP contribution in [0.4, 0.5) is 0 Å². The number of nitrogens with one attached hydrogen (secondary N) is 1. The Balaban J connectivity index is 1.65. The molecule has 3 rings (SSSR count). The van der Waals surface area contributed by atoms with E-state index in [2.05, 4.69) is 5.32 Å². The lowest BCUT2D eigenvalue weighted by Gasteiger charge is -2.29. The van der Waals surface area contributed by atoms with E-state index in [-0.39, 0.29) is 24.8 Å². The van der Waals surface area contributed by atoms with Crippen molar-refractivity contribution in [3.63, 3.8) is 0 Å². The van der Waals surface area contributed by atoms with Crippen LogP contribution in [0.3, 0.4) is 0 Å². The first-order valence-corrected chi connectivity index (χ1v) is 9.33. The summed E-state index contributed by atoms with van der Waals surface area (Å²) >= 11 is 0. The molecule has 0 radical (unpaired) electrons. The van der Waals surface area contributed by atoms with Crippen LogP contribution in [0, 0.1) is 5.92 Å². The highest BCUT2D eigenvalue weighted by molar-refractivity contribution is 5.90. The Hall–Kier alpha value is -3.09. The van der Waals surface area contributed by atoms with Gasteiger partial charge in [0.25, 0.3) is 0 Å². The number of carboxylic acid groups (broad SMARTS) is 1. The summed E-state index contributed by atoms with van der Waals surface area (Å²) in [6, 6.07) is 12.4. The second-order valence-electron chi connectivity index (χ2n) is 7.08. The van der Waals surface area contributed by atoms with Gasteiger partial charge in [-0.25, -0.2) is 0 Å². The SMILES string of the molecule is CCC(CNC(=O)C1CC(=O)N(Cc2ccco2)C1)(C(=O)O)c1ccccc1. The maximum absolute atomic E-state index is 12.6. The summed E-state index contributed by atoms with van der Waals surface area (Å²) in [7, 11) is 0. The van der Waals surface area contributed by atoms with Gasteiger partial charge >= 0.3 is 5.97 Å². The average Bonchev–Trinajstić information content (AvgIpc) is 3.33. The number of rotatable bonds is 8. The van der Waals surface area contributed by atoms with E-state index < -0.39 is 17.3 Å². The normalized spacial score (nSPS) is 18.7. The zero-order valence-corrected chi connectivity index (χ0v) is 15.8. The van der Waals surface area contributed by atoms with E-state index in [0.717, 1.165) is 0 Å². The summed E-state index contributed by atoms with van der Waals surface area (Å²) in [5, 5.41) is 12.6. The molecule has 1 saturated heterocycles. The van der Waals surface area contributed by atoms with Crippen molar-refractivity contribution in [1.82, 2.24) is 10.2 Å². The van der Waals surface area contributed by atoms with E-state index in [1.54, 1.807) is 54.5 Å². The molecule has 0 saturated carbocycles. The molecule has 1 aliphatic rings. The third-order valence-corrected chi connectivity index (χ3v) is 5.42. The first kappa shape index (κ1) is 19.7. The second kappa shape index (κ2) is 8.29. The molecule has 1 fully saturated rings. The van der Waals surface area contributed by atoms with Crippen LogP contribution < -0.4 is 5.32 Å². The number of likely N-dealkylation sites (tertiary alicyclic amines) is 1. The van der Waals surface area contributed by atoms with Crippen molar-refractivity contribution >= 4 is 17.8 Å². The van der Waals surface area contributed by atoms with Gasteiger partial charge in [-0.2, -0.15) is 0 Å². The molecular formula is C21H24N2O5. The fraction of sp³-hybridized carbons (Fsp3) is 0.381. The minimum Gasteiger partial charge on any atom is -0.481 e. The highest BCUT2D eigenvalue weighted by Gasteiger charge is 2.41. The molecule has 2 N–H and O–H groups in total. The van der Waals surface area contributed by atoms with Gasteiger partial charge in [-0.15, -0.1) is 0 Å². The summed E-state index contributed by atoms with van der Waals surface area (Å²) in [4.78, 5) is 38.5. The van der Waals surface area contributed by atoms with Crippen LogP contribution in [-0.4, -0.2) is 40.9 Å². The summed E-state index contributed by atoms with van der Waals surface area (Å²) in [5.74, 6) is -1.23. The molecule has 7 nitrogen and oxygen atoms in total. The Morgan fingerprint density at radius 3 is 2.61 bits per heavy atom. The van der Waals surface area contributed by atoms with Crippen LogP contribution >= 0.6 is 0 Å². The lowest BCUT2D eigenvalue weighted by atomic mass is 9.78. The molecule has 1 aromatic carbocycles. The molecule has 0 spiro atoms. The zero-order chi connectivity index (χ0) is 20.1. The lowest BCUT2D eigenvalue weighted by molar-refractivity contribution is -0.144. The van der Waals surface area contributed by atoms with Gasteiger partial charge in [0.2, 0.25) is 11.8 Å². The van der Waals surface area contributed by atoms with E-state index in [0.29, 0.717) is 30.8 Å². The Labute approximate surface area is 163 Å². The van der Waals surface area contributed by atoms with Crippen LogP contribution in [0.15, 0.2) is 53.1 Å². The Kier molecular flexibility index (Phi) is 5.82. The molecule has 0 bridgehead atoms. The van der Waals surface area contributed by atoms with Crippen molar-refractivity contribution in [2.24, 2.45) is 5.92 Å². The number of carbonyl (C=O) groups excluding carboxylic acids is 2. The van der Waals surface area contributed by atoms with Gasteiger partial charge in [0.1, 0.15) is 11.2 Å². The number of furan rings is 1. The number of amides is 2. The van der Waals surface area contributed by atoms with E-state index in [9.17, 15) is 19.5 Å². The van der Waals surface area contributed by atoms with E-state index >= 15 is 0 Å². The Morgan fingerprint density at radius 1 is 1.25 bits per heavy atom. The van der Waals surface area contributed by atoms with Gasteiger partial charge in [0, 0.05) is 19.5 Å². The fourth-order valence-electron chi connectivity index (χ4n) is 3.61. The first-order valence-electron chi connectivity index (χ1n) is 9.33. The maximum Gasteiger partial charge on any atom is 0.315 e. The molecule has 2 heterocycles. The molecular weight excluding hydrogens is 360 g/mol. The minimum atomic E-state index is -1.20. The van der Waals surface area contributed by atoms with Crippen molar-refractivity contribution < 1.29 is 23.9 Å². The highest BCUT2D eigenvalue weighted by atomic mass is 16.4. The summed E-state index contributed by atoms with van der Waals surface area (Å²) in [5.41, 5.74) is -0.555. The van der Waals surface area contributed by atoms with Crippen molar-refractivity contribution in [1.29, 1.82) is 0 Å². The number of aliphatic carboxylic acids is 1.